The molecule has 2 aromatic rings. The fourth-order valence-corrected chi connectivity index (χ4v) is 1.85. The van der Waals surface area contributed by atoms with Gasteiger partial charge in [0.1, 0.15) is 17.1 Å². The highest BCUT2D eigenvalue weighted by atomic mass is 35.5. The highest BCUT2D eigenvalue weighted by molar-refractivity contribution is 6.33. The molecule has 0 aliphatic carbocycles. The van der Waals surface area contributed by atoms with E-state index in [9.17, 15) is 4.79 Å². The first-order valence-corrected chi connectivity index (χ1v) is 5.72. The minimum Gasteiger partial charge on any atom is -0.478 e. The Hall–Kier alpha value is -2.00. The third-order valence-electron chi connectivity index (χ3n) is 2.41. The van der Waals surface area contributed by atoms with E-state index in [1.54, 1.807) is 18.2 Å². The molecule has 0 saturated carbocycles. The number of aryl methyl sites for hydroxylation is 1. The summed E-state index contributed by atoms with van der Waals surface area (Å²) in [5.74, 6) is -0.288. The zero-order valence-corrected chi connectivity index (χ0v) is 10.4. The van der Waals surface area contributed by atoms with Crippen molar-refractivity contribution in [1.82, 2.24) is 0 Å². The Morgan fingerprint density at radius 3 is 2.61 bits per heavy atom. The van der Waals surface area contributed by atoms with Gasteiger partial charge < -0.3 is 9.84 Å². The normalized spacial score (nSPS) is 10.1. The van der Waals surface area contributed by atoms with Crippen LogP contribution in [0.1, 0.15) is 15.9 Å². The fourth-order valence-electron chi connectivity index (χ4n) is 1.60. The molecule has 0 aromatic heterocycles. The van der Waals surface area contributed by atoms with Crippen LogP contribution in [0.5, 0.6) is 11.5 Å². The third kappa shape index (κ3) is 2.63. The molecule has 0 bridgehead atoms. The summed E-state index contributed by atoms with van der Waals surface area (Å²) in [5, 5.41) is 9.27. The summed E-state index contributed by atoms with van der Waals surface area (Å²) in [5.41, 5.74) is 1.01. The average Bonchev–Trinajstić information content (AvgIpc) is 2.28. The molecule has 1 N–H and O–H groups in total. The first kappa shape index (κ1) is 12.5. The number of hydrogen-bond acceptors (Lipinski definition) is 2. The second-order valence-electron chi connectivity index (χ2n) is 3.84. The van der Waals surface area contributed by atoms with Crippen LogP contribution in [0.2, 0.25) is 5.02 Å². The van der Waals surface area contributed by atoms with Crippen molar-refractivity contribution >= 4 is 17.6 Å². The Balaban J connectivity index is 2.40. The monoisotopic (exact) mass is 262 g/mol. The van der Waals surface area contributed by atoms with Crippen molar-refractivity contribution in [2.45, 2.75) is 6.92 Å². The quantitative estimate of drug-likeness (QED) is 0.904. The van der Waals surface area contributed by atoms with Gasteiger partial charge in [-0.15, -0.1) is 0 Å². The standard InChI is InChI=1S/C14H11ClO3/c1-9-4-2-5-10(8-9)18-12-7-3-6-11(15)13(12)14(16)17/h2-8H,1H3,(H,16,17). The van der Waals surface area contributed by atoms with Gasteiger partial charge >= 0.3 is 5.97 Å². The molecule has 4 heteroatoms. The summed E-state index contributed by atoms with van der Waals surface area (Å²) in [7, 11) is 0. The van der Waals surface area contributed by atoms with Crippen LogP contribution in [0, 0.1) is 6.92 Å². The van der Waals surface area contributed by atoms with Crippen molar-refractivity contribution < 1.29 is 14.6 Å². The first-order valence-electron chi connectivity index (χ1n) is 5.34. The smallest absolute Gasteiger partial charge is 0.341 e. The molecule has 0 atom stereocenters. The maximum Gasteiger partial charge on any atom is 0.341 e. The first-order chi connectivity index (χ1) is 8.58. The van der Waals surface area contributed by atoms with E-state index in [-0.39, 0.29) is 16.3 Å². The van der Waals surface area contributed by atoms with E-state index in [2.05, 4.69) is 0 Å². The summed E-state index contributed by atoms with van der Waals surface area (Å²) in [6.45, 7) is 1.93. The number of hydrogen-bond donors (Lipinski definition) is 1. The molecule has 0 aliphatic heterocycles. The molecule has 0 heterocycles. The molecular weight excluding hydrogens is 252 g/mol. The number of benzene rings is 2. The Kier molecular flexibility index (Phi) is 3.53. The molecule has 3 nitrogen and oxygen atoms in total. The van der Waals surface area contributed by atoms with Crippen molar-refractivity contribution in [3.05, 3.63) is 58.6 Å². The van der Waals surface area contributed by atoms with Crippen LogP contribution in [-0.2, 0) is 0 Å². The van der Waals surface area contributed by atoms with E-state index in [0.717, 1.165) is 5.56 Å². The predicted octanol–water partition coefficient (Wildman–Crippen LogP) is 4.14. The second-order valence-corrected chi connectivity index (χ2v) is 4.24. The van der Waals surface area contributed by atoms with Gasteiger partial charge in [-0.2, -0.15) is 0 Å². The number of aromatic carboxylic acids is 1. The number of carboxylic acids is 1. The maximum absolute atomic E-state index is 11.1. The minimum atomic E-state index is -1.11. The predicted molar refractivity (Wildman–Crippen MR) is 69.7 cm³/mol. The average molecular weight is 263 g/mol. The Bertz CT molecular complexity index is 593. The van der Waals surface area contributed by atoms with Gasteiger partial charge in [0.05, 0.1) is 5.02 Å². The van der Waals surface area contributed by atoms with Gasteiger partial charge in [-0.1, -0.05) is 29.8 Å². The third-order valence-corrected chi connectivity index (χ3v) is 2.72. The molecule has 0 radical (unpaired) electrons. The highest BCUT2D eigenvalue weighted by Crippen LogP contribution is 2.30. The SMILES string of the molecule is Cc1cccc(Oc2cccc(Cl)c2C(=O)O)c1. The Labute approximate surface area is 110 Å². The largest absolute Gasteiger partial charge is 0.478 e. The van der Waals surface area contributed by atoms with Gasteiger partial charge in [-0.3, -0.25) is 0 Å². The van der Waals surface area contributed by atoms with Crippen molar-refractivity contribution in [3.8, 4) is 11.5 Å². The summed E-state index contributed by atoms with van der Waals surface area (Å²) in [6, 6.07) is 12.1. The molecular formula is C14H11ClO3. The lowest BCUT2D eigenvalue weighted by Gasteiger charge is -2.10. The number of carboxylic acid groups (broad SMARTS) is 1. The summed E-state index contributed by atoms with van der Waals surface area (Å²) in [6.07, 6.45) is 0. The summed E-state index contributed by atoms with van der Waals surface area (Å²) < 4.78 is 5.57. The van der Waals surface area contributed by atoms with Crippen LogP contribution < -0.4 is 4.74 Å². The number of ether oxygens (including phenoxy) is 1. The lowest BCUT2D eigenvalue weighted by atomic mass is 10.2. The lowest BCUT2D eigenvalue weighted by molar-refractivity contribution is 0.0694. The number of halogens is 1. The molecule has 0 saturated heterocycles. The molecule has 0 fully saturated rings. The van der Waals surface area contributed by atoms with Crippen LogP contribution >= 0.6 is 11.6 Å². The van der Waals surface area contributed by atoms with Gasteiger partial charge in [0.15, 0.2) is 0 Å². The molecule has 2 rings (SSSR count). The van der Waals surface area contributed by atoms with Crippen molar-refractivity contribution in [1.29, 1.82) is 0 Å². The van der Waals surface area contributed by atoms with E-state index >= 15 is 0 Å². The lowest BCUT2D eigenvalue weighted by Crippen LogP contribution is -2.01. The summed E-state index contributed by atoms with van der Waals surface area (Å²) >= 11 is 5.86. The second kappa shape index (κ2) is 5.10. The minimum absolute atomic E-state index is 0.0272. The van der Waals surface area contributed by atoms with Crippen LogP contribution in [0.25, 0.3) is 0 Å². The number of rotatable bonds is 3. The van der Waals surface area contributed by atoms with Crippen LogP contribution in [0.15, 0.2) is 42.5 Å². The number of carbonyl (C=O) groups is 1. The van der Waals surface area contributed by atoms with Crippen molar-refractivity contribution in [2.75, 3.05) is 0 Å². The van der Waals surface area contributed by atoms with E-state index in [1.807, 2.05) is 25.1 Å². The van der Waals surface area contributed by atoms with Crippen molar-refractivity contribution in [3.63, 3.8) is 0 Å². The van der Waals surface area contributed by atoms with E-state index in [1.165, 1.54) is 6.07 Å². The van der Waals surface area contributed by atoms with Gasteiger partial charge in [0.2, 0.25) is 0 Å². The van der Waals surface area contributed by atoms with Gasteiger partial charge in [-0.05, 0) is 36.8 Å². The fraction of sp³-hybridized carbons (Fsp3) is 0.0714. The van der Waals surface area contributed by atoms with Gasteiger partial charge in [0.25, 0.3) is 0 Å². The molecule has 0 amide bonds. The van der Waals surface area contributed by atoms with Gasteiger partial charge in [-0.25, -0.2) is 4.79 Å². The summed E-state index contributed by atoms with van der Waals surface area (Å²) in [4.78, 5) is 11.1. The Morgan fingerprint density at radius 2 is 1.94 bits per heavy atom. The molecule has 0 unspecified atom stereocenters. The molecule has 92 valence electrons. The van der Waals surface area contributed by atoms with Crippen LogP contribution in [0.3, 0.4) is 0 Å². The molecule has 0 aliphatic rings. The zero-order valence-electron chi connectivity index (χ0n) is 9.68. The van der Waals surface area contributed by atoms with E-state index < -0.39 is 5.97 Å². The molecule has 0 spiro atoms. The van der Waals surface area contributed by atoms with Crippen LogP contribution in [0.4, 0.5) is 0 Å². The van der Waals surface area contributed by atoms with E-state index in [4.69, 9.17) is 21.4 Å². The highest BCUT2D eigenvalue weighted by Gasteiger charge is 2.16. The van der Waals surface area contributed by atoms with Crippen molar-refractivity contribution in [2.24, 2.45) is 0 Å². The van der Waals surface area contributed by atoms with E-state index in [0.29, 0.717) is 5.75 Å². The topological polar surface area (TPSA) is 46.5 Å². The van der Waals surface area contributed by atoms with Gasteiger partial charge in [0, 0.05) is 0 Å². The maximum atomic E-state index is 11.1. The Morgan fingerprint density at radius 1 is 1.22 bits per heavy atom. The molecule has 2 aromatic carbocycles. The van der Waals surface area contributed by atoms with Crippen LogP contribution in [-0.4, -0.2) is 11.1 Å². The molecule has 18 heavy (non-hydrogen) atoms. The zero-order chi connectivity index (χ0) is 13.1.